The summed E-state index contributed by atoms with van der Waals surface area (Å²) in [6, 6.07) is 6.54. The molecular weight excluding hydrogens is 304 g/mol. The number of hydrogen-bond donors (Lipinski definition) is 3. The average Bonchev–Trinajstić information content (AvgIpc) is 2.84. The highest BCUT2D eigenvalue weighted by atomic mass is 32.1. The summed E-state index contributed by atoms with van der Waals surface area (Å²) in [5, 5.41) is 7.28. The smallest absolute Gasteiger partial charge is 0.257 e. The Labute approximate surface area is 130 Å². The number of primary amides is 1. The zero-order chi connectivity index (χ0) is 16.1. The standard InChI is InChI=1S/C14H14N4O3S/c1-8(19)16-10-4-2-3-9(5-10)13(21)18-14-17-11(7-22-14)6-12(15)20/h2-5,7H,6H2,1H3,(H2,15,20)(H,16,19)(H,17,18,21). The molecule has 22 heavy (non-hydrogen) atoms. The van der Waals surface area contributed by atoms with Crippen molar-refractivity contribution < 1.29 is 14.4 Å². The van der Waals surface area contributed by atoms with Crippen LogP contribution >= 0.6 is 11.3 Å². The molecule has 0 atom stereocenters. The molecule has 0 unspecified atom stereocenters. The van der Waals surface area contributed by atoms with Crippen molar-refractivity contribution in [2.75, 3.05) is 10.6 Å². The van der Waals surface area contributed by atoms with Crippen LogP contribution in [0.3, 0.4) is 0 Å². The molecule has 0 saturated heterocycles. The molecule has 1 aromatic carbocycles. The van der Waals surface area contributed by atoms with Crippen LogP contribution in [0.25, 0.3) is 0 Å². The summed E-state index contributed by atoms with van der Waals surface area (Å²) < 4.78 is 0. The number of thiazole rings is 1. The van der Waals surface area contributed by atoms with E-state index in [4.69, 9.17) is 5.73 Å². The van der Waals surface area contributed by atoms with E-state index in [1.165, 1.54) is 18.3 Å². The Morgan fingerprint density at radius 2 is 2.05 bits per heavy atom. The molecule has 7 nitrogen and oxygen atoms in total. The molecule has 114 valence electrons. The molecule has 0 radical (unpaired) electrons. The highest BCUT2D eigenvalue weighted by Crippen LogP contribution is 2.18. The number of benzene rings is 1. The van der Waals surface area contributed by atoms with Crippen LogP contribution in [0.5, 0.6) is 0 Å². The van der Waals surface area contributed by atoms with Gasteiger partial charge in [0.25, 0.3) is 5.91 Å². The van der Waals surface area contributed by atoms with Crippen molar-refractivity contribution in [1.82, 2.24) is 4.98 Å². The van der Waals surface area contributed by atoms with Crippen LogP contribution in [-0.2, 0) is 16.0 Å². The first-order valence-electron chi connectivity index (χ1n) is 6.36. The molecule has 2 rings (SSSR count). The lowest BCUT2D eigenvalue weighted by atomic mass is 10.2. The van der Waals surface area contributed by atoms with Crippen molar-refractivity contribution in [3.05, 3.63) is 40.9 Å². The minimum atomic E-state index is -0.480. The van der Waals surface area contributed by atoms with Gasteiger partial charge in [-0.1, -0.05) is 6.07 Å². The van der Waals surface area contributed by atoms with Crippen LogP contribution < -0.4 is 16.4 Å². The van der Waals surface area contributed by atoms with Crippen LogP contribution in [0.2, 0.25) is 0 Å². The Hall–Kier alpha value is -2.74. The number of hydrogen-bond acceptors (Lipinski definition) is 5. The van der Waals surface area contributed by atoms with Gasteiger partial charge in [0, 0.05) is 23.6 Å². The molecule has 0 fully saturated rings. The van der Waals surface area contributed by atoms with E-state index in [0.29, 0.717) is 22.1 Å². The average molecular weight is 318 g/mol. The summed E-state index contributed by atoms with van der Waals surface area (Å²) in [7, 11) is 0. The Kier molecular flexibility index (Phi) is 4.84. The Bertz CT molecular complexity index is 726. The number of amides is 3. The topological polar surface area (TPSA) is 114 Å². The van der Waals surface area contributed by atoms with Gasteiger partial charge >= 0.3 is 0 Å². The molecule has 0 bridgehead atoms. The molecule has 1 heterocycles. The summed E-state index contributed by atoms with van der Waals surface area (Å²) >= 11 is 1.21. The van der Waals surface area contributed by atoms with Crippen molar-refractivity contribution >= 4 is 39.9 Å². The third-order valence-corrected chi connectivity index (χ3v) is 3.38. The van der Waals surface area contributed by atoms with Gasteiger partial charge in [-0.3, -0.25) is 19.7 Å². The third kappa shape index (κ3) is 4.38. The Morgan fingerprint density at radius 1 is 1.27 bits per heavy atom. The molecule has 0 spiro atoms. The van der Waals surface area contributed by atoms with Gasteiger partial charge in [0.1, 0.15) is 0 Å². The van der Waals surface area contributed by atoms with Crippen LogP contribution in [0.15, 0.2) is 29.6 Å². The summed E-state index contributed by atoms with van der Waals surface area (Å²) in [5.41, 5.74) is 6.52. The first-order valence-corrected chi connectivity index (χ1v) is 7.23. The van der Waals surface area contributed by atoms with E-state index < -0.39 is 5.91 Å². The second kappa shape index (κ2) is 6.81. The lowest BCUT2D eigenvalue weighted by Crippen LogP contribution is -2.15. The number of anilines is 2. The maximum absolute atomic E-state index is 12.1. The number of aromatic nitrogens is 1. The van der Waals surface area contributed by atoms with Crippen molar-refractivity contribution in [1.29, 1.82) is 0 Å². The number of carbonyl (C=O) groups excluding carboxylic acids is 3. The number of nitrogens with zero attached hydrogens (tertiary/aromatic N) is 1. The van der Waals surface area contributed by atoms with Crippen LogP contribution in [0.1, 0.15) is 23.0 Å². The van der Waals surface area contributed by atoms with Gasteiger partial charge in [-0.05, 0) is 18.2 Å². The molecule has 0 aliphatic rings. The quantitative estimate of drug-likeness (QED) is 0.772. The summed E-state index contributed by atoms with van der Waals surface area (Å²) in [6.07, 6.45) is 0.0321. The fourth-order valence-corrected chi connectivity index (χ4v) is 2.44. The maximum atomic E-state index is 12.1. The van der Waals surface area contributed by atoms with Gasteiger partial charge in [-0.15, -0.1) is 11.3 Å². The monoisotopic (exact) mass is 318 g/mol. The van der Waals surface area contributed by atoms with Gasteiger partial charge in [0.15, 0.2) is 5.13 Å². The second-order valence-electron chi connectivity index (χ2n) is 4.50. The van der Waals surface area contributed by atoms with Gasteiger partial charge in [0.2, 0.25) is 11.8 Å². The lowest BCUT2D eigenvalue weighted by Gasteiger charge is -2.05. The zero-order valence-electron chi connectivity index (χ0n) is 11.8. The number of nitrogens with two attached hydrogens (primary N) is 1. The molecule has 1 aromatic heterocycles. The van der Waals surface area contributed by atoms with Crippen LogP contribution in [0, 0.1) is 0 Å². The fraction of sp³-hybridized carbons (Fsp3) is 0.143. The minimum Gasteiger partial charge on any atom is -0.369 e. The number of carbonyl (C=O) groups is 3. The van der Waals surface area contributed by atoms with Crippen molar-refractivity contribution in [2.45, 2.75) is 13.3 Å². The first-order chi connectivity index (χ1) is 10.4. The van der Waals surface area contributed by atoms with E-state index in [9.17, 15) is 14.4 Å². The van der Waals surface area contributed by atoms with E-state index >= 15 is 0 Å². The molecule has 8 heteroatoms. The summed E-state index contributed by atoms with van der Waals surface area (Å²) in [4.78, 5) is 38.1. The summed E-state index contributed by atoms with van der Waals surface area (Å²) in [6.45, 7) is 1.39. The molecule has 0 saturated carbocycles. The Balaban J connectivity index is 2.07. The molecule has 4 N–H and O–H groups in total. The predicted octanol–water partition coefficient (Wildman–Crippen LogP) is 1.38. The van der Waals surface area contributed by atoms with Crippen LogP contribution in [0.4, 0.5) is 10.8 Å². The fourth-order valence-electron chi connectivity index (χ4n) is 1.73. The molecule has 0 aliphatic carbocycles. The van der Waals surface area contributed by atoms with Gasteiger partial charge in [0.05, 0.1) is 12.1 Å². The lowest BCUT2D eigenvalue weighted by molar-refractivity contribution is -0.117. The molecular formula is C14H14N4O3S. The van der Waals surface area contributed by atoms with Crippen LogP contribution in [-0.4, -0.2) is 22.7 Å². The molecule has 0 aliphatic heterocycles. The highest BCUT2D eigenvalue weighted by Gasteiger charge is 2.11. The minimum absolute atomic E-state index is 0.0321. The van der Waals surface area contributed by atoms with Crippen molar-refractivity contribution in [3.63, 3.8) is 0 Å². The maximum Gasteiger partial charge on any atom is 0.257 e. The first kappa shape index (κ1) is 15.6. The molecule has 2 aromatic rings. The SMILES string of the molecule is CC(=O)Nc1cccc(C(=O)Nc2nc(CC(N)=O)cs2)c1. The van der Waals surface area contributed by atoms with E-state index in [2.05, 4.69) is 15.6 Å². The van der Waals surface area contributed by atoms with E-state index in [1.54, 1.807) is 29.6 Å². The zero-order valence-corrected chi connectivity index (χ0v) is 12.6. The largest absolute Gasteiger partial charge is 0.369 e. The summed E-state index contributed by atoms with van der Waals surface area (Å²) in [5.74, 6) is -1.05. The number of nitrogens with one attached hydrogen (secondary N) is 2. The van der Waals surface area contributed by atoms with E-state index in [1.807, 2.05) is 0 Å². The number of rotatable bonds is 5. The van der Waals surface area contributed by atoms with Crippen molar-refractivity contribution in [2.24, 2.45) is 5.73 Å². The van der Waals surface area contributed by atoms with E-state index in [0.717, 1.165) is 0 Å². The van der Waals surface area contributed by atoms with Crippen molar-refractivity contribution in [3.8, 4) is 0 Å². The van der Waals surface area contributed by atoms with Gasteiger partial charge in [-0.2, -0.15) is 0 Å². The second-order valence-corrected chi connectivity index (χ2v) is 5.36. The Morgan fingerprint density at radius 3 is 2.73 bits per heavy atom. The third-order valence-electron chi connectivity index (χ3n) is 2.57. The highest BCUT2D eigenvalue weighted by molar-refractivity contribution is 7.14. The molecule has 3 amide bonds. The van der Waals surface area contributed by atoms with Gasteiger partial charge in [-0.25, -0.2) is 4.98 Å². The normalized spacial score (nSPS) is 10.0. The van der Waals surface area contributed by atoms with E-state index in [-0.39, 0.29) is 18.2 Å². The predicted molar refractivity (Wildman–Crippen MR) is 83.7 cm³/mol. The van der Waals surface area contributed by atoms with Gasteiger partial charge < -0.3 is 11.1 Å².